The van der Waals surface area contributed by atoms with E-state index in [-0.39, 0.29) is 0 Å². The number of nitrogens with zero attached hydrogens (tertiary/aromatic N) is 1. The Morgan fingerprint density at radius 1 is 1.26 bits per heavy atom. The molecule has 0 bridgehead atoms. The van der Waals surface area contributed by atoms with Crippen molar-refractivity contribution < 1.29 is 0 Å². The molecule has 0 saturated carbocycles. The molecule has 1 N–H and O–H groups in total. The van der Waals surface area contributed by atoms with Crippen LogP contribution in [0.2, 0.25) is 0 Å². The van der Waals surface area contributed by atoms with Gasteiger partial charge in [-0.05, 0) is 55.8 Å². The van der Waals surface area contributed by atoms with Gasteiger partial charge in [-0.3, -0.25) is 0 Å². The van der Waals surface area contributed by atoms with Crippen molar-refractivity contribution >= 4 is 5.69 Å². The van der Waals surface area contributed by atoms with Crippen molar-refractivity contribution in [2.45, 2.75) is 46.6 Å². The molecule has 2 heteroatoms. The predicted octanol–water partition coefficient (Wildman–Crippen LogP) is 3.73. The number of benzene rings is 1. The first-order chi connectivity index (χ1) is 9.20. The van der Waals surface area contributed by atoms with Crippen molar-refractivity contribution in [3.8, 4) is 0 Å². The maximum atomic E-state index is 3.47. The van der Waals surface area contributed by atoms with E-state index < -0.39 is 0 Å². The minimum Gasteiger partial charge on any atom is -0.371 e. The van der Waals surface area contributed by atoms with Crippen molar-refractivity contribution in [3.63, 3.8) is 0 Å². The average Bonchev–Trinajstić information content (AvgIpc) is 2.41. The molecule has 1 heterocycles. The lowest BCUT2D eigenvalue weighted by atomic mass is 9.98. The fraction of sp³-hybridized carbons (Fsp3) is 0.647. The van der Waals surface area contributed by atoms with Gasteiger partial charge in [-0.25, -0.2) is 0 Å². The van der Waals surface area contributed by atoms with Crippen LogP contribution in [0.3, 0.4) is 0 Å². The van der Waals surface area contributed by atoms with Crippen molar-refractivity contribution in [3.05, 3.63) is 29.3 Å². The molecule has 2 rings (SSSR count). The van der Waals surface area contributed by atoms with Gasteiger partial charge < -0.3 is 10.2 Å². The summed E-state index contributed by atoms with van der Waals surface area (Å²) in [7, 11) is 0. The van der Waals surface area contributed by atoms with Gasteiger partial charge in [0.1, 0.15) is 0 Å². The Bertz CT molecular complexity index is 392. The first-order valence-corrected chi connectivity index (χ1v) is 7.76. The number of piperidine rings is 1. The van der Waals surface area contributed by atoms with E-state index in [1.165, 1.54) is 49.2 Å². The van der Waals surface area contributed by atoms with Gasteiger partial charge in [0.2, 0.25) is 0 Å². The van der Waals surface area contributed by atoms with Crippen molar-refractivity contribution in [1.29, 1.82) is 0 Å². The molecule has 106 valence electrons. The summed E-state index contributed by atoms with van der Waals surface area (Å²) in [6.07, 6.45) is 3.86. The summed E-state index contributed by atoms with van der Waals surface area (Å²) >= 11 is 0. The molecule has 0 spiro atoms. The smallest absolute Gasteiger partial charge is 0.0396 e. The monoisotopic (exact) mass is 260 g/mol. The first-order valence-electron chi connectivity index (χ1n) is 7.76. The number of nitrogens with one attached hydrogen (secondary N) is 1. The maximum absolute atomic E-state index is 3.47. The molecular weight excluding hydrogens is 232 g/mol. The molecule has 1 aromatic rings. The third-order valence-corrected chi connectivity index (χ3v) is 4.14. The van der Waals surface area contributed by atoms with Crippen LogP contribution in [0.1, 0.15) is 44.2 Å². The summed E-state index contributed by atoms with van der Waals surface area (Å²) in [6, 6.07) is 6.94. The van der Waals surface area contributed by atoms with Gasteiger partial charge in [0, 0.05) is 25.3 Å². The zero-order valence-corrected chi connectivity index (χ0v) is 12.7. The second kappa shape index (κ2) is 6.95. The highest BCUT2D eigenvalue weighted by atomic mass is 15.1. The second-order valence-electron chi connectivity index (χ2n) is 5.97. The van der Waals surface area contributed by atoms with Gasteiger partial charge in [0.05, 0.1) is 0 Å². The maximum Gasteiger partial charge on any atom is 0.0396 e. The molecule has 19 heavy (non-hydrogen) atoms. The number of anilines is 1. The second-order valence-corrected chi connectivity index (χ2v) is 5.97. The van der Waals surface area contributed by atoms with Crippen LogP contribution in [0.4, 0.5) is 5.69 Å². The van der Waals surface area contributed by atoms with Crippen LogP contribution >= 0.6 is 0 Å². The molecule has 0 amide bonds. The number of hydrogen-bond acceptors (Lipinski definition) is 2. The standard InChI is InChI=1S/C17H28N2/c1-4-9-18-13-16-5-6-17(15(3)12-16)19-10-7-14(2)8-11-19/h5-6,12,14,18H,4,7-11,13H2,1-3H3. The van der Waals surface area contributed by atoms with E-state index in [9.17, 15) is 0 Å². The lowest BCUT2D eigenvalue weighted by molar-refractivity contribution is 0.438. The Balaban J connectivity index is 1.98. The summed E-state index contributed by atoms with van der Waals surface area (Å²) in [5, 5.41) is 3.47. The molecule has 0 aliphatic carbocycles. The van der Waals surface area contributed by atoms with E-state index in [4.69, 9.17) is 0 Å². The highest BCUT2D eigenvalue weighted by Gasteiger charge is 2.17. The Morgan fingerprint density at radius 2 is 2.00 bits per heavy atom. The molecule has 0 aromatic heterocycles. The molecule has 1 saturated heterocycles. The summed E-state index contributed by atoms with van der Waals surface area (Å²) in [4.78, 5) is 2.55. The molecule has 0 atom stereocenters. The average molecular weight is 260 g/mol. The van der Waals surface area contributed by atoms with Gasteiger partial charge in [-0.1, -0.05) is 26.0 Å². The van der Waals surface area contributed by atoms with Gasteiger partial charge >= 0.3 is 0 Å². The summed E-state index contributed by atoms with van der Waals surface area (Å²) < 4.78 is 0. The zero-order chi connectivity index (χ0) is 13.7. The zero-order valence-electron chi connectivity index (χ0n) is 12.7. The van der Waals surface area contributed by atoms with Crippen molar-refractivity contribution in [2.75, 3.05) is 24.5 Å². The molecule has 1 aliphatic rings. The van der Waals surface area contributed by atoms with Crippen LogP contribution < -0.4 is 10.2 Å². The normalized spacial score (nSPS) is 16.9. The van der Waals surface area contributed by atoms with Crippen molar-refractivity contribution in [2.24, 2.45) is 5.92 Å². The highest BCUT2D eigenvalue weighted by molar-refractivity contribution is 5.54. The molecule has 0 radical (unpaired) electrons. The van der Waals surface area contributed by atoms with E-state index in [1.807, 2.05) is 0 Å². The van der Waals surface area contributed by atoms with Crippen LogP contribution in [-0.2, 0) is 6.54 Å². The lowest BCUT2D eigenvalue weighted by Gasteiger charge is -2.33. The molecule has 1 aromatic carbocycles. The highest BCUT2D eigenvalue weighted by Crippen LogP contribution is 2.26. The van der Waals surface area contributed by atoms with Crippen molar-refractivity contribution in [1.82, 2.24) is 5.32 Å². The lowest BCUT2D eigenvalue weighted by Crippen LogP contribution is -2.33. The van der Waals surface area contributed by atoms with Crippen LogP contribution in [0, 0.1) is 12.8 Å². The Labute approximate surface area is 118 Å². The molecule has 2 nitrogen and oxygen atoms in total. The van der Waals surface area contributed by atoms with Gasteiger partial charge in [0.25, 0.3) is 0 Å². The number of aryl methyl sites for hydroxylation is 1. The Hall–Kier alpha value is -1.02. The Morgan fingerprint density at radius 3 is 2.63 bits per heavy atom. The SMILES string of the molecule is CCCNCc1ccc(N2CCC(C)CC2)c(C)c1. The quantitative estimate of drug-likeness (QED) is 0.812. The number of rotatable bonds is 5. The Kier molecular flexibility index (Phi) is 5.26. The van der Waals surface area contributed by atoms with Crippen LogP contribution in [-0.4, -0.2) is 19.6 Å². The molecule has 1 aliphatic heterocycles. The largest absolute Gasteiger partial charge is 0.371 e. The van der Waals surface area contributed by atoms with Gasteiger partial charge in [-0.15, -0.1) is 0 Å². The summed E-state index contributed by atoms with van der Waals surface area (Å²) in [5.74, 6) is 0.897. The first kappa shape index (κ1) is 14.4. The summed E-state index contributed by atoms with van der Waals surface area (Å²) in [5.41, 5.74) is 4.26. The fourth-order valence-corrected chi connectivity index (χ4v) is 2.84. The minimum atomic E-state index is 0.897. The van der Waals surface area contributed by atoms with Gasteiger partial charge in [0.15, 0.2) is 0 Å². The third kappa shape index (κ3) is 3.97. The van der Waals surface area contributed by atoms with E-state index in [1.54, 1.807) is 0 Å². The molecule has 1 fully saturated rings. The fourth-order valence-electron chi connectivity index (χ4n) is 2.84. The molecule has 0 unspecified atom stereocenters. The van der Waals surface area contributed by atoms with E-state index in [0.717, 1.165) is 19.0 Å². The van der Waals surface area contributed by atoms with Crippen LogP contribution in [0.5, 0.6) is 0 Å². The third-order valence-electron chi connectivity index (χ3n) is 4.14. The molecular formula is C17H28N2. The summed E-state index contributed by atoms with van der Waals surface area (Å²) in [6.45, 7) is 11.4. The minimum absolute atomic E-state index is 0.897. The van der Waals surface area contributed by atoms with E-state index in [0.29, 0.717) is 0 Å². The van der Waals surface area contributed by atoms with Gasteiger partial charge in [-0.2, -0.15) is 0 Å². The van der Waals surface area contributed by atoms with Crippen LogP contribution in [0.15, 0.2) is 18.2 Å². The van der Waals surface area contributed by atoms with Crippen LogP contribution in [0.25, 0.3) is 0 Å². The van der Waals surface area contributed by atoms with E-state index in [2.05, 4.69) is 49.2 Å². The predicted molar refractivity (Wildman–Crippen MR) is 83.8 cm³/mol. The number of hydrogen-bond donors (Lipinski definition) is 1. The topological polar surface area (TPSA) is 15.3 Å². The van der Waals surface area contributed by atoms with E-state index >= 15 is 0 Å².